The SMILES string of the molecule is C[C@H](O)CS(=O)(=O)Cc1cccc(Cl)c1. The lowest BCUT2D eigenvalue weighted by atomic mass is 10.2. The molecule has 0 aliphatic rings. The second-order valence-electron chi connectivity index (χ2n) is 3.53. The van der Waals surface area contributed by atoms with E-state index in [1.54, 1.807) is 24.3 Å². The van der Waals surface area contributed by atoms with E-state index in [-0.39, 0.29) is 11.5 Å². The van der Waals surface area contributed by atoms with Crippen molar-refractivity contribution in [2.45, 2.75) is 18.8 Å². The van der Waals surface area contributed by atoms with Gasteiger partial charge in [-0.1, -0.05) is 23.7 Å². The summed E-state index contributed by atoms with van der Waals surface area (Å²) in [4.78, 5) is 0. The zero-order valence-electron chi connectivity index (χ0n) is 8.35. The van der Waals surface area contributed by atoms with Crippen molar-refractivity contribution in [2.24, 2.45) is 0 Å². The summed E-state index contributed by atoms with van der Waals surface area (Å²) < 4.78 is 23.0. The normalized spacial score (nSPS) is 13.8. The van der Waals surface area contributed by atoms with Crippen LogP contribution < -0.4 is 0 Å². The molecule has 0 bridgehead atoms. The molecule has 0 unspecified atom stereocenters. The first kappa shape index (κ1) is 12.5. The highest BCUT2D eigenvalue weighted by molar-refractivity contribution is 7.90. The third kappa shape index (κ3) is 4.64. The van der Waals surface area contributed by atoms with Crippen LogP contribution in [-0.4, -0.2) is 25.4 Å². The van der Waals surface area contributed by atoms with Crippen molar-refractivity contribution in [3.8, 4) is 0 Å². The van der Waals surface area contributed by atoms with E-state index in [2.05, 4.69) is 0 Å². The Morgan fingerprint density at radius 3 is 2.67 bits per heavy atom. The number of aliphatic hydroxyl groups excluding tert-OH is 1. The lowest BCUT2D eigenvalue weighted by Crippen LogP contribution is -2.19. The number of benzene rings is 1. The van der Waals surface area contributed by atoms with E-state index in [1.165, 1.54) is 6.92 Å². The summed E-state index contributed by atoms with van der Waals surface area (Å²) in [6, 6.07) is 6.70. The van der Waals surface area contributed by atoms with Crippen LogP contribution in [0.1, 0.15) is 12.5 Å². The molecule has 1 atom stereocenters. The van der Waals surface area contributed by atoms with E-state index in [0.29, 0.717) is 10.6 Å². The van der Waals surface area contributed by atoms with Gasteiger partial charge in [0.15, 0.2) is 9.84 Å². The predicted octanol–water partition coefficient (Wildman–Crippen LogP) is 1.64. The minimum Gasteiger partial charge on any atom is -0.392 e. The zero-order valence-corrected chi connectivity index (χ0v) is 9.92. The fourth-order valence-electron chi connectivity index (χ4n) is 1.31. The van der Waals surface area contributed by atoms with Gasteiger partial charge in [0, 0.05) is 5.02 Å². The highest BCUT2D eigenvalue weighted by Crippen LogP contribution is 2.13. The first-order chi connectivity index (χ1) is 6.89. The Balaban J connectivity index is 2.78. The molecule has 0 amide bonds. The molecule has 0 fully saturated rings. The van der Waals surface area contributed by atoms with Gasteiger partial charge in [-0.05, 0) is 24.6 Å². The van der Waals surface area contributed by atoms with Gasteiger partial charge in [-0.25, -0.2) is 8.42 Å². The van der Waals surface area contributed by atoms with E-state index in [9.17, 15) is 8.42 Å². The summed E-state index contributed by atoms with van der Waals surface area (Å²) in [6.07, 6.45) is -0.839. The van der Waals surface area contributed by atoms with Gasteiger partial charge in [0.1, 0.15) is 0 Å². The van der Waals surface area contributed by atoms with E-state index in [1.807, 2.05) is 0 Å². The Morgan fingerprint density at radius 2 is 2.13 bits per heavy atom. The standard InChI is InChI=1S/C10H13ClO3S/c1-8(12)6-15(13,14)7-9-3-2-4-10(11)5-9/h2-5,8,12H,6-7H2,1H3/t8-/m0/s1. The second-order valence-corrected chi connectivity index (χ2v) is 6.08. The van der Waals surface area contributed by atoms with E-state index in [4.69, 9.17) is 16.7 Å². The van der Waals surface area contributed by atoms with Gasteiger partial charge in [-0.15, -0.1) is 0 Å². The maximum atomic E-state index is 11.5. The Bertz CT molecular complexity index is 426. The molecule has 0 saturated carbocycles. The molecule has 84 valence electrons. The summed E-state index contributed by atoms with van der Waals surface area (Å²) in [5, 5.41) is 9.53. The number of hydrogen-bond acceptors (Lipinski definition) is 3. The zero-order chi connectivity index (χ0) is 11.5. The molecule has 1 aromatic rings. The maximum Gasteiger partial charge on any atom is 0.156 e. The molecule has 0 heterocycles. The van der Waals surface area contributed by atoms with Gasteiger partial charge in [-0.3, -0.25) is 0 Å². The van der Waals surface area contributed by atoms with Crippen LogP contribution in [0.3, 0.4) is 0 Å². The number of rotatable bonds is 4. The van der Waals surface area contributed by atoms with Crippen LogP contribution in [0.4, 0.5) is 0 Å². The molecular weight excluding hydrogens is 236 g/mol. The lowest BCUT2D eigenvalue weighted by Gasteiger charge is -2.06. The lowest BCUT2D eigenvalue weighted by molar-refractivity contribution is 0.218. The summed E-state index contributed by atoms with van der Waals surface area (Å²) >= 11 is 5.74. The van der Waals surface area contributed by atoms with Crippen molar-refractivity contribution in [1.29, 1.82) is 0 Å². The first-order valence-corrected chi connectivity index (χ1v) is 6.72. The van der Waals surface area contributed by atoms with Crippen molar-refractivity contribution in [2.75, 3.05) is 5.75 Å². The van der Waals surface area contributed by atoms with Crippen LogP contribution in [0.25, 0.3) is 0 Å². The molecular formula is C10H13ClO3S. The molecule has 0 aliphatic carbocycles. The Labute approximate surface area is 94.6 Å². The summed E-state index contributed by atoms with van der Waals surface area (Å²) in [5.74, 6) is -0.308. The molecule has 1 aromatic carbocycles. The van der Waals surface area contributed by atoms with E-state index >= 15 is 0 Å². The average molecular weight is 249 g/mol. The molecule has 1 N–H and O–H groups in total. The van der Waals surface area contributed by atoms with Crippen molar-refractivity contribution >= 4 is 21.4 Å². The highest BCUT2D eigenvalue weighted by atomic mass is 35.5. The molecule has 15 heavy (non-hydrogen) atoms. The minimum atomic E-state index is -3.26. The minimum absolute atomic E-state index is 0.0849. The first-order valence-electron chi connectivity index (χ1n) is 4.52. The Kier molecular flexibility index (Phi) is 4.13. The molecule has 0 aromatic heterocycles. The van der Waals surface area contributed by atoms with Gasteiger partial charge in [0.05, 0.1) is 17.6 Å². The number of aliphatic hydroxyl groups is 1. The fourth-order valence-corrected chi connectivity index (χ4v) is 3.06. The van der Waals surface area contributed by atoms with Gasteiger partial charge in [-0.2, -0.15) is 0 Å². The highest BCUT2D eigenvalue weighted by Gasteiger charge is 2.14. The molecule has 0 saturated heterocycles. The molecule has 0 aliphatic heterocycles. The van der Waals surface area contributed by atoms with Crippen molar-refractivity contribution in [1.82, 2.24) is 0 Å². The Morgan fingerprint density at radius 1 is 1.47 bits per heavy atom. The van der Waals surface area contributed by atoms with Crippen LogP contribution in [0.2, 0.25) is 5.02 Å². The van der Waals surface area contributed by atoms with E-state index < -0.39 is 15.9 Å². The van der Waals surface area contributed by atoms with Crippen LogP contribution in [0.15, 0.2) is 24.3 Å². The Hall–Kier alpha value is -0.580. The number of sulfone groups is 1. The number of halogens is 1. The van der Waals surface area contributed by atoms with Gasteiger partial charge in [0.25, 0.3) is 0 Å². The summed E-state index contributed by atoms with van der Waals surface area (Å²) in [5.41, 5.74) is 0.642. The molecule has 3 nitrogen and oxygen atoms in total. The number of hydrogen-bond donors (Lipinski definition) is 1. The van der Waals surface area contributed by atoms with Crippen LogP contribution in [0.5, 0.6) is 0 Å². The van der Waals surface area contributed by atoms with Crippen LogP contribution >= 0.6 is 11.6 Å². The quantitative estimate of drug-likeness (QED) is 0.881. The molecule has 5 heteroatoms. The molecule has 0 spiro atoms. The fraction of sp³-hybridized carbons (Fsp3) is 0.400. The molecule has 1 rings (SSSR count). The topological polar surface area (TPSA) is 54.4 Å². The average Bonchev–Trinajstić information content (AvgIpc) is 1.99. The van der Waals surface area contributed by atoms with Crippen molar-refractivity contribution in [3.05, 3.63) is 34.9 Å². The van der Waals surface area contributed by atoms with Crippen molar-refractivity contribution in [3.63, 3.8) is 0 Å². The van der Waals surface area contributed by atoms with Gasteiger partial charge < -0.3 is 5.11 Å². The van der Waals surface area contributed by atoms with E-state index in [0.717, 1.165) is 0 Å². The van der Waals surface area contributed by atoms with Crippen LogP contribution in [0, 0.1) is 0 Å². The monoisotopic (exact) mass is 248 g/mol. The maximum absolute atomic E-state index is 11.5. The summed E-state index contributed by atoms with van der Waals surface area (Å²) in [6.45, 7) is 1.45. The third-order valence-corrected chi connectivity index (χ3v) is 3.77. The smallest absolute Gasteiger partial charge is 0.156 e. The largest absolute Gasteiger partial charge is 0.392 e. The van der Waals surface area contributed by atoms with Gasteiger partial charge >= 0.3 is 0 Å². The van der Waals surface area contributed by atoms with Crippen molar-refractivity contribution < 1.29 is 13.5 Å². The van der Waals surface area contributed by atoms with Gasteiger partial charge in [0.2, 0.25) is 0 Å². The predicted molar refractivity (Wildman–Crippen MR) is 60.6 cm³/mol. The van der Waals surface area contributed by atoms with Crippen LogP contribution in [-0.2, 0) is 15.6 Å². The molecule has 0 radical (unpaired) electrons. The summed E-state index contributed by atoms with van der Waals surface area (Å²) in [7, 11) is -3.26. The second kappa shape index (κ2) is 4.96. The third-order valence-electron chi connectivity index (χ3n) is 1.77.